The minimum Gasteiger partial charge on any atom is -0.870 e. The summed E-state index contributed by atoms with van der Waals surface area (Å²) in [4.78, 5) is 48.6. The Labute approximate surface area is 316 Å². The molecular formula is C38H27Br2FN6O6. The van der Waals surface area contributed by atoms with Crippen LogP contribution in [0.25, 0.3) is 39.1 Å². The number of para-hydroxylation sites is 6. The Hall–Kier alpha value is -6.29. The second-order valence-electron chi connectivity index (χ2n) is 11.0. The number of hydrogen-bond acceptors (Lipinski definition) is 6. The van der Waals surface area contributed by atoms with Crippen molar-refractivity contribution < 1.29 is 20.0 Å². The minimum atomic E-state index is -0.829. The minimum absolute atomic E-state index is 0. The number of aromatic amines is 1. The van der Waals surface area contributed by atoms with E-state index in [4.69, 9.17) is 0 Å². The summed E-state index contributed by atoms with van der Waals surface area (Å²) in [5.74, 6) is -0.829. The number of hydrogen-bond donors (Lipinski definition) is 2. The van der Waals surface area contributed by atoms with Crippen molar-refractivity contribution in [2.24, 2.45) is 0 Å². The van der Waals surface area contributed by atoms with Gasteiger partial charge in [-0.05, 0) is 72.8 Å². The van der Waals surface area contributed by atoms with Crippen LogP contribution >= 0.6 is 31.9 Å². The third kappa shape index (κ3) is 8.12. The largest absolute Gasteiger partial charge is 0.870 e. The fourth-order valence-electron chi connectivity index (χ4n) is 5.50. The maximum atomic E-state index is 13.2. The van der Waals surface area contributed by atoms with Gasteiger partial charge in [0.1, 0.15) is 5.69 Å². The van der Waals surface area contributed by atoms with E-state index in [2.05, 4.69) is 36.8 Å². The molecule has 2 aromatic heterocycles. The summed E-state index contributed by atoms with van der Waals surface area (Å²) >= 11 is 6.39. The molecule has 3 N–H and O–H groups in total. The Morgan fingerprint density at radius 2 is 1.15 bits per heavy atom. The second-order valence-corrected chi connectivity index (χ2v) is 12.8. The molecule has 6 aromatic carbocycles. The van der Waals surface area contributed by atoms with Gasteiger partial charge in [-0.1, -0.05) is 92.5 Å². The summed E-state index contributed by atoms with van der Waals surface area (Å²) in [7, 11) is 0. The maximum absolute atomic E-state index is 13.2. The normalized spacial score (nSPS) is 10.4. The summed E-state index contributed by atoms with van der Waals surface area (Å²) in [6.45, 7) is 0. The quantitative estimate of drug-likeness (QED) is 0.133. The number of rotatable bonds is 5. The average Bonchev–Trinajstić information content (AvgIpc) is 3.65. The molecule has 12 nitrogen and oxygen atoms in total. The molecule has 0 amide bonds. The van der Waals surface area contributed by atoms with Crippen molar-refractivity contribution in [3.8, 4) is 17.1 Å². The molecule has 0 bridgehead atoms. The Morgan fingerprint density at radius 1 is 0.642 bits per heavy atom. The van der Waals surface area contributed by atoms with E-state index < -0.39 is 16.4 Å². The smallest absolute Gasteiger partial charge is 0.338 e. The Morgan fingerprint density at radius 3 is 1.74 bits per heavy atom. The zero-order valence-electron chi connectivity index (χ0n) is 27.3. The van der Waals surface area contributed by atoms with Crippen LogP contribution in [0.1, 0.15) is 0 Å². The maximum Gasteiger partial charge on any atom is 0.338 e. The van der Waals surface area contributed by atoms with Crippen LogP contribution in [0.15, 0.2) is 164 Å². The van der Waals surface area contributed by atoms with Crippen LogP contribution in [0.4, 0.5) is 15.8 Å². The molecule has 266 valence electrons. The van der Waals surface area contributed by atoms with Crippen molar-refractivity contribution in [3.05, 3.63) is 196 Å². The van der Waals surface area contributed by atoms with Gasteiger partial charge in [0.2, 0.25) is 5.82 Å². The third-order valence-corrected chi connectivity index (χ3v) is 8.77. The lowest BCUT2D eigenvalue weighted by atomic mass is 10.2. The number of fused-ring (bicyclic) bond motifs is 2. The fraction of sp³-hybridized carbons (Fsp3) is 0. The van der Waals surface area contributed by atoms with Crippen LogP contribution in [-0.4, -0.2) is 29.1 Å². The lowest BCUT2D eigenvalue weighted by Gasteiger charge is -2.03. The van der Waals surface area contributed by atoms with Gasteiger partial charge < -0.3 is 10.5 Å². The van der Waals surface area contributed by atoms with Gasteiger partial charge in [-0.25, -0.2) is 9.59 Å². The first-order valence-electron chi connectivity index (χ1n) is 15.5. The highest BCUT2D eigenvalue weighted by Gasteiger charge is 2.20. The van der Waals surface area contributed by atoms with E-state index in [1.54, 1.807) is 31.9 Å². The number of nitroso groups, excluding NO2 is 1. The van der Waals surface area contributed by atoms with Gasteiger partial charge in [0.25, 0.3) is 5.69 Å². The van der Waals surface area contributed by atoms with Gasteiger partial charge >= 0.3 is 17.1 Å². The van der Waals surface area contributed by atoms with Crippen molar-refractivity contribution in [3.63, 3.8) is 0 Å². The van der Waals surface area contributed by atoms with Crippen LogP contribution in [0.2, 0.25) is 0 Å². The summed E-state index contributed by atoms with van der Waals surface area (Å²) < 4.78 is 18.8. The average molecular weight is 842 g/mol. The number of benzene rings is 6. The van der Waals surface area contributed by atoms with Gasteiger partial charge in [0.05, 0.1) is 38.4 Å². The van der Waals surface area contributed by atoms with Crippen LogP contribution in [0, 0.1) is 20.8 Å². The van der Waals surface area contributed by atoms with E-state index in [1.807, 2.05) is 114 Å². The lowest BCUT2D eigenvalue weighted by Crippen LogP contribution is -2.56. The molecule has 2 heterocycles. The monoisotopic (exact) mass is 840 g/mol. The molecular weight excluding hydrogens is 815 g/mol. The van der Waals surface area contributed by atoms with Crippen LogP contribution < -0.4 is 16.6 Å². The van der Waals surface area contributed by atoms with Crippen molar-refractivity contribution >= 4 is 65.3 Å². The highest BCUT2D eigenvalue weighted by Crippen LogP contribution is 2.26. The molecule has 0 aliphatic heterocycles. The number of nitro benzene ring substituents is 1. The molecule has 15 heteroatoms. The highest BCUT2D eigenvalue weighted by molar-refractivity contribution is 9.10. The van der Waals surface area contributed by atoms with E-state index in [9.17, 15) is 29.0 Å². The second kappa shape index (κ2) is 16.8. The number of nitro groups is 1. The molecule has 0 atom stereocenters. The molecule has 0 saturated carbocycles. The zero-order chi connectivity index (χ0) is 36.8. The fourth-order valence-corrected chi connectivity index (χ4v) is 6.18. The summed E-state index contributed by atoms with van der Waals surface area (Å²) in [5, 5.41) is 12.0. The first-order valence-corrected chi connectivity index (χ1v) is 17.1. The van der Waals surface area contributed by atoms with Crippen molar-refractivity contribution in [1.82, 2.24) is 18.7 Å². The summed E-state index contributed by atoms with van der Waals surface area (Å²) in [5.41, 5.74) is 4.90. The Bertz CT molecular complexity index is 2680. The van der Waals surface area contributed by atoms with Gasteiger partial charge in [-0.2, -0.15) is 4.39 Å². The van der Waals surface area contributed by atoms with Crippen molar-refractivity contribution in [1.29, 1.82) is 0 Å². The molecule has 0 saturated heterocycles. The Kier molecular flexibility index (Phi) is 12.0. The van der Waals surface area contributed by atoms with Gasteiger partial charge in [0.15, 0.2) is 0 Å². The molecule has 0 radical (unpaired) electrons. The van der Waals surface area contributed by atoms with Gasteiger partial charge in [-0.15, -0.1) is 0 Å². The topological polar surface area (TPSA) is 169 Å². The third-order valence-electron chi connectivity index (χ3n) is 7.78. The predicted molar refractivity (Wildman–Crippen MR) is 207 cm³/mol. The van der Waals surface area contributed by atoms with Crippen molar-refractivity contribution in [2.45, 2.75) is 0 Å². The van der Waals surface area contributed by atoms with Gasteiger partial charge in [0, 0.05) is 31.2 Å². The van der Waals surface area contributed by atoms with E-state index >= 15 is 0 Å². The molecule has 8 aromatic rings. The van der Waals surface area contributed by atoms with Crippen LogP contribution in [0.3, 0.4) is 0 Å². The molecule has 0 fully saturated rings. The van der Waals surface area contributed by atoms with E-state index in [1.165, 1.54) is 6.07 Å². The van der Waals surface area contributed by atoms with Gasteiger partial charge in [-0.3, -0.25) is 23.8 Å². The summed E-state index contributed by atoms with van der Waals surface area (Å²) in [6, 6.07) is 43.0. The number of nitrogens with zero attached hydrogens (tertiary/aromatic N) is 4. The molecule has 8 rings (SSSR count). The predicted octanol–water partition coefficient (Wildman–Crippen LogP) is 7.66. The highest BCUT2D eigenvalue weighted by atomic mass is 79.9. The molecule has 0 spiro atoms. The number of imidazole rings is 2. The summed E-state index contributed by atoms with van der Waals surface area (Å²) in [6.07, 6.45) is 0. The first-order chi connectivity index (χ1) is 25.2. The SMILES string of the molecule is O=[N+]([O-])c1ccc(Br)cc1F.O=[NH+]c1ccc(Br)cc1-n1c(=O)n(-c2ccccc2)c2ccccc21.O=c1[nH]c2ccccc2n1-c1ccccc1.[OH-]. The molecule has 0 aliphatic rings. The molecule has 53 heavy (non-hydrogen) atoms. The number of halogens is 3. The number of nitrogens with one attached hydrogen (secondary N) is 2. The van der Waals surface area contributed by atoms with Crippen molar-refractivity contribution in [2.75, 3.05) is 0 Å². The molecule has 0 unspecified atom stereocenters. The van der Waals surface area contributed by atoms with Crippen LogP contribution in [0.5, 0.6) is 0 Å². The number of H-pyrrole nitrogens is 1. The van der Waals surface area contributed by atoms with E-state index in [-0.39, 0.29) is 16.9 Å². The lowest BCUT2D eigenvalue weighted by molar-refractivity contribution is -0.387. The van der Waals surface area contributed by atoms with E-state index in [0.29, 0.717) is 15.8 Å². The van der Waals surface area contributed by atoms with Crippen LogP contribution in [-0.2, 0) is 0 Å². The number of aromatic nitrogens is 4. The van der Waals surface area contributed by atoms with E-state index in [0.717, 1.165) is 50.0 Å². The Balaban J connectivity index is 0.000000166. The molecule has 0 aliphatic carbocycles. The first kappa shape index (κ1) is 38.0. The standard InChI is InChI=1S/C19H12BrN3O2.C13H10N2O.C6H3BrFNO2.H2O/c20-13-10-11-15(21-25)18(12-13)23-17-9-5-4-8-16(17)22(19(23)24)14-6-2-1-3-7-14;16-13-14-11-8-4-5-9-12(11)15(13)10-6-2-1-3-7-10;7-4-1-2-6(9(10)11)5(8)3-4;/h1-12H;1-9H,(H,14,16);1-3H;1H2. The zero-order valence-corrected chi connectivity index (χ0v) is 30.4.